The highest BCUT2D eigenvalue weighted by molar-refractivity contribution is 7.83. The first kappa shape index (κ1) is 11.6. The normalized spacial score (nSPS) is 12.4. The first-order valence-corrected chi connectivity index (χ1v) is 4.96. The van der Waals surface area contributed by atoms with Crippen molar-refractivity contribution in [1.29, 1.82) is 0 Å². The van der Waals surface area contributed by atoms with E-state index in [0.717, 1.165) is 6.42 Å². The van der Waals surface area contributed by atoms with Gasteiger partial charge in [-0.25, -0.2) is 0 Å². The van der Waals surface area contributed by atoms with Crippen molar-refractivity contribution in [3.8, 4) is 0 Å². The lowest BCUT2D eigenvalue weighted by atomic mass is 10.2. The van der Waals surface area contributed by atoms with E-state index in [-0.39, 0.29) is 0 Å². The van der Waals surface area contributed by atoms with Crippen LogP contribution in [0.5, 0.6) is 0 Å². The van der Waals surface area contributed by atoms with Crippen molar-refractivity contribution >= 4 is 12.6 Å². The molecule has 1 N–H and O–H groups in total. The molecule has 0 spiro atoms. The number of thiol groups is 1. The highest BCUT2D eigenvalue weighted by Gasteiger charge is 1.85. The molecule has 0 fully saturated rings. The monoisotopic (exact) mass is 185 g/mol. The number of rotatable bonds is 6. The van der Waals surface area contributed by atoms with Gasteiger partial charge in [-0.1, -0.05) is 12.2 Å². The molecule has 0 aliphatic heterocycles. The maximum atomic E-state index is 3.99. The van der Waals surface area contributed by atoms with Crippen LogP contribution in [0.15, 0.2) is 23.3 Å². The van der Waals surface area contributed by atoms with Gasteiger partial charge in [0.05, 0.1) is 0 Å². The molecule has 0 aromatic heterocycles. The lowest BCUT2D eigenvalue weighted by Gasteiger charge is -1.98. The summed E-state index contributed by atoms with van der Waals surface area (Å²) in [5.74, 6) is 0. The summed E-state index contributed by atoms with van der Waals surface area (Å²) in [4.78, 5) is 0. The summed E-state index contributed by atoms with van der Waals surface area (Å²) < 4.78 is 0. The largest absolute Gasteiger partial charge is 0.392 e. The van der Waals surface area contributed by atoms with E-state index in [1.807, 2.05) is 12.5 Å². The van der Waals surface area contributed by atoms with Crippen molar-refractivity contribution in [2.24, 2.45) is 0 Å². The Kier molecular flexibility index (Phi) is 8.46. The summed E-state index contributed by atoms with van der Waals surface area (Å²) in [6.45, 7) is 2.09. The molecule has 0 aliphatic carbocycles. The number of unbranched alkanes of at least 4 members (excludes halogenated alkanes) is 3. The van der Waals surface area contributed by atoms with Crippen LogP contribution in [0.2, 0.25) is 0 Å². The summed E-state index contributed by atoms with van der Waals surface area (Å²) in [6, 6.07) is 0. The van der Waals surface area contributed by atoms with E-state index in [4.69, 9.17) is 0 Å². The highest BCUT2D eigenvalue weighted by Crippen LogP contribution is 2.03. The summed E-state index contributed by atoms with van der Waals surface area (Å²) in [5.41, 5.74) is 1.26. The Morgan fingerprint density at radius 1 is 1.33 bits per heavy atom. The lowest BCUT2D eigenvalue weighted by Crippen LogP contribution is -2.00. The fraction of sp³-hybridized carbons (Fsp3) is 0.600. The van der Waals surface area contributed by atoms with Crippen LogP contribution < -0.4 is 5.32 Å². The summed E-state index contributed by atoms with van der Waals surface area (Å²) in [5, 5.41) is 4.92. The number of hydrogen-bond acceptors (Lipinski definition) is 2. The van der Waals surface area contributed by atoms with E-state index in [2.05, 4.69) is 37.0 Å². The molecule has 0 rings (SSSR count). The van der Waals surface area contributed by atoms with Crippen LogP contribution in [0.4, 0.5) is 0 Å². The van der Waals surface area contributed by atoms with Crippen LogP contribution in [-0.2, 0) is 0 Å². The van der Waals surface area contributed by atoms with Gasteiger partial charge in [0.1, 0.15) is 0 Å². The van der Waals surface area contributed by atoms with Crippen LogP contribution in [-0.4, -0.2) is 7.05 Å². The third-order valence-electron chi connectivity index (χ3n) is 1.78. The highest BCUT2D eigenvalue weighted by atomic mass is 32.1. The van der Waals surface area contributed by atoms with Gasteiger partial charge in [-0.3, -0.25) is 0 Å². The van der Waals surface area contributed by atoms with E-state index < -0.39 is 0 Å². The van der Waals surface area contributed by atoms with Crippen molar-refractivity contribution in [3.63, 3.8) is 0 Å². The predicted molar refractivity (Wildman–Crippen MR) is 59.4 cm³/mol. The zero-order chi connectivity index (χ0) is 9.23. The van der Waals surface area contributed by atoms with E-state index >= 15 is 0 Å². The predicted octanol–water partition coefficient (Wildman–Crippen LogP) is 3.11. The fourth-order valence-electron chi connectivity index (χ4n) is 0.902. The average Bonchev–Trinajstić information content (AvgIpc) is 2.10. The first-order valence-electron chi connectivity index (χ1n) is 4.45. The van der Waals surface area contributed by atoms with Gasteiger partial charge in [-0.05, 0) is 38.0 Å². The van der Waals surface area contributed by atoms with Crippen molar-refractivity contribution in [2.75, 3.05) is 7.05 Å². The molecule has 70 valence electrons. The smallest absolute Gasteiger partial charge is 0.00319 e. The second kappa shape index (κ2) is 8.72. The van der Waals surface area contributed by atoms with Crippen molar-refractivity contribution in [3.05, 3.63) is 23.3 Å². The Morgan fingerprint density at radius 3 is 2.58 bits per heavy atom. The Balaban J connectivity index is 3.21. The van der Waals surface area contributed by atoms with E-state index in [9.17, 15) is 0 Å². The molecule has 1 nitrogen and oxygen atoms in total. The zero-order valence-electron chi connectivity index (χ0n) is 8.01. The van der Waals surface area contributed by atoms with Gasteiger partial charge >= 0.3 is 0 Å². The van der Waals surface area contributed by atoms with E-state index in [1.54, 1.807) is 0 Å². The van der Waals surface area contributed by atoms with Crippen molar-refractivity contribution < 1.29 is 0 Å². The molecule has 12 heavy (non-hydrogen) atoms. The summed E-state index contributed by atoms with van der Waals surface area (Å²) >= 11 is 3.99. The average molecular weight is 185 g/mol. The van der Waals surface area contributed by atoms with Gasteiger partial charge in [0, 0.05) is 12.7 Å². The molecule has 0 aromatic carbocycles. The second-order valence-electron chi connectivity index (χ2n) is 2.81. The molecule has 0 aromatic rings. The number of allylic oxidation sites excluding steroid dienone is 3. The molecule has 2 heteroatoms. The standard InChI is InChI=1S/C10H19NS/c1-10(11-2)8-6-4-3-5-7-9-12/h7-9,11-12H,3-6H2,1-2H3/b9-7-,10-8-. The molecule has 0 saturated heterocycles. The Morgan fingerprint density at radius 2 is 2.00 bits per heavy atom. The molecule has 0 radical (unpaired) electrons. The summed E-state index contributed by atoms with van der Waals surface area (Å²) in [7, 11) is 1.95. The summed E-state index contributed by atoms with van der Waals surface area (Å²) in [6.07, 6.45) is 9.17. The molecule has 0 aliphatic rings. The van der Waals surface area contributed by atoms with Crippen LogP contribution in [0.25, 0.3) is 0 Å². The zero-order valence-corrected chi connectivity index (χ0v) is 8.90. The van der Waals surface area contributed by atoms with Crippen LogP contribution in [0.3, 0.4) is 0 Å². The molecular formula is C10H19NS. The topological polar surface area (TPSA) is 12.0 Å². The quantitative estimate of drug-likeness (QED) is 0.478. The molecule has 0 heterocycles. The second-order valence-corrected chi connectivity index (χ2v) is 3.10. The SMILES string of the molecule is CN/C(C)=C\CCCC/C=C\S. The first-order chi connectivity index (χ1) is 5.81. The number of hydrogen-bond donors (Lipinski definition) is 2. The molecular weight excluding hydrogens is 166 g/mol. The van der Waals surface area contributed by atoms with Crippen molar-refractivity contribution in [1.82, 2.24) is 5.32 Å². The van der Waals surface area contributed by atoms with Gasteiger partial charge < -0.3 is 5.32 Å². The molecule has 0 amide bonds. The molecule has 0 bridgehead atoms. The lowest BCUT2D eigenvalue weighted by molar-refractivity contribution is 0.755. The Hall–Kier alpha value is -0.370. The van der Waals surface area contributed by atoms with Gasteiger partial charge in [-0.15, -0.1) is 0 Å². The molecule has 0 atom stereocenters. The van der Waals surface area contributed by atoms with Gasteiger partial charge in [0.25, 0.3) is 0 Å². The van der Waals surface area contributed by atoms with Gasteiger partial charge in [0.15, 0.2) is 0 Å². The van der Waals surface area contributed by atoms with Gasteiger partial charge in [-0.2, -0.15) is 12.6 Å². The maximum absolute atomic E-state index is 3.99. The third-order valence-corrected chi connectivity index (χ3v) is 1.99. The fourth-order valence-corrected chi connectivity index (χ4v) is 1.05. The van der Waals surface area contributed by atoms with Crippen LogP contribution in [0, 0.1) is 0 Å². The minimum absolute atomic E-state index is 1.15. The Bertz CT molecular complexity index is 150. The van der Waals surface area contributed by atoms with Crippen LogP contribution in [0.1, 0.15) is 32.6 Å². The maximum Gasteiger partial charge on any atom is 0.00319 e. The van der Waals surface area contributed by atoms with Crippen LogP contribution >= 0.6 is 12.6 Å². The van der Waals surface area contributed by atoms with Gasteiger partial charge in [0.2, 0.25) is 0 Å². The minimum atomic E-state index is 1.15. The minimum Gasteiger partial charge on any atom is -0.392 e. The number of nitrogens with one attached hydrogen (secondary N) is 1. The molecule has 0 saturated carbocycles. The third kappa shape index (κ3) is 7.73. The Labute approximate surface area is 81.3 Å². The molecule has 0 unspecified atom stereocenters. The van der Waals surface area contributed by atoms with E-state index in [0.29, 0.717) is 0 Å². The van der Waals surface area contributed by atoms with E-state index in [1.165, 1.54) is 25.0 Å². The van der Waals surface area contributed by atoms with Crippen molar-refractivity contribution in [2.45, 2.75) is 32.6 Å².